The Labute approximate surface area is 169 Å². The number of piperidine rings is 1. The van der Waals surface area contributed by atoms with E-state index in [9.17, 15) is 22.8 Å². The molecule has 3 N–H and O–H groups in total. The molecule has 2 aliphatic heterocycles. The fourth-order valence-corrected chi connectivity index (χ4v) is 4.34. The van der Waals surface area contributed by atoms with Gasteiger partial charge in [-0.3, -0.25) is 4.90 Å². The number of likely N-dealkylation sites (tertiary alicyclic amines) is 1. The van der Waals surface area contributed by atoms with Gasteiger partial charge in [0.25, 0.3) is 6.43 Å². The van der Waals surface area contributed by atoms with Gasteiger partial charge in [0, 0.05) is 13.1 Å². The fraction of sp³-hybridized carbons (Fsp3) is 0.500. The molecule has 0 unspecified atom stereocenters. The second-order valence-corrected chi connectivity index (χ2v) is 7.90. The Morgan fingerprint density at radius 2 is 2.00 bits per heavy atom. The lowest BCUT2D eigenvalue weighted by atomic mass is 10.1. The summed E-state index contributed by atoms with van der Waals surface area (Å²) in [7, 11) is 0. The summed E-state index contributed by atoms with van der Waals surface area (Å²) in [5, 5.41) is 2.36. The highest BCUT2D eigenvalue weighted by Gasteiger charge is 2.57. The van der Waals surface area contributed by atoms with Gasteiger partial charge in [0.2, 0.25) is 0 Å². The lowest BCUT2D eigenvalue weighted by Crippen LogP contribution is -2.36. The number of amides is 3. The number of primary amides is 1. The van der Waals surface area contributed by atoms with E-state index in [2.05, 4.69) is 17.5 Å². The lowest BCUT2D eigenvalue weighted by molar-refractivity contribution is 0.142. The van der Waals surface area contributed by atoms with Crippen molar-refractivity contribution >= 4 is 35.0 Å². The van der Waals surface area contributed by atoms with Crippen LogP contribution in [0, 0.1) is 17.7 Å². The Bertz CT molecular complexity index is 859. The van der Waals surface area contributed by atoms with Crippen molar-refractivity contribution in [2.45, 2.75) is 18.4 Å². The number of nitrogens with two attached hydrogens (primary N) is 1. The first-order valence-electron chi connectivity index (χ1n) is 9.14. The van der Waals surface area contributed by atoms with E-state index >= 15 is 0 Å². The zero-order chi connectivity index (χ0) is 20.9. The molecule has 29 heavy (non-hydrogen) atoms. The van der Waals surface area contributed by atoms with Crippen LogP contribution in [0.15, 0.2) is 18.2 Å². The monoisotopic (exact) mass is 428 g/mol. The standard InChI is InChI=1S/C18H19F3N4O3S/c19-13-3-8(25-5-9(28-18(25)27)4-23-16(29)15(20)21)1-2-10(13)14-11-6-24(17(22)26)7-12(11)14/h1-3,9,11-12,14-15H,4-7H2,(H2,22,26)(H,23,29)/t9-,11-,12+,14+/m0/s1. The molecule has 0 radical (unpaired) electrons. The van der Waals surface area contributed by atoms with Gasteiger partial charge < -0.3 is 20.7 Å². The fourth-order valence-electron chi connectivity index (χ4n) is 4.25. The van der Waals surface area contributed by atoms with Crippen LogP contribution in [0.4, 0.5) is 28.4 Å². The third-order valence-corrected chi connectivity index (χ3v) is 6.06. The van der Waals surface area contributed by atoms with Crippen LogP contribution >= 0.6 is 12.2 Å². The number of halogens is 3. The predicted octanol–water partition coefficient (Wildman–Crippen LogP) is 2.06. The first-order chi connectivity index (χ1) is 13.8. The number of fused-ring (bicyclic) bond motifs is 1. The quantitative estimate of drug-likeness (QED) is 0.701. The maximum Gasteiger partial charge on any atom is 0.414 e. The largest absolute Gasteiger partial charge is 0.442 e. The summed E-state index contributed by atoms with van der Waals surface area (Å²) in [6.07, 6.45) is -4.13. The summed E-state index contributed by atoms with van der Waals surface area (Å²) in [5.74, 6) is 0.0146. The summed E-state index contributed by atoms with van der Waals surface area (Å²) < 4.78 is 44.7. The van der Waals surface area contributed by atoms with E-state index in [-0.39, 0.29) is 30.8 Å². The summed E-state index contributed by atoms with van der Waals surface area (Å²) >= 11 is 4.49. The van der Waals surface area contributed by atoms with Gasteiger partial charge in [-0.15, -0.1) is 0 Å². The smallest absolute Gasteiger partial charge is 0.414 e. The van der Waals surface area contributed by atoms with Gasteiger partial charge in [0.05, 0.1) is 18.8 Å². The number of thiocarbonyl (C=S) groups is 1. The normalized spacial score (nSPS) is 27.8. The minimum absolute atomic E-state index is 0.0393. The Kier molecular flexibility index (Phi) is 5.01. The molecule has 3 amide bonds. The SMILES string of the molecule is NC(=O)N1C[C@@H]2[C@H](C1)[C@H]2c1ccc(N2C[C@H](CNC(=S)C(F)F)OC2=O)cc1F. The summed E-state index contributed by atoms with van der Waals surface area (Å²) in [5.41, 5.74) is 6.17. The highest BCUT2D eigenvalue weighted by Crippen LogP contribution is 2.58. The minimum atomic E-state index is -2.78. The van der Waals surface area contributed by atoms with E-state index in [1.54, 1.807) is 17.0 Å². The van der Waals surface area contributed by atoms with Gasteiger partial charge in [0.15, 0.2) is 0 Å². The first-order valence-corrected chi connectivity index (χ1v) is 9.55. The van der Waals surface area contributed by atoms with E-state index in [1.807, 2.05) is 0 Å². The number of anilines is 1. The molecule has 4 atom stereocenters. The Hall–Kier alpha value is -2.56. The highest BCUT2D eigenvalue weighted by molar-refractivity contribution is 7.80. The minimum Gasteiger partial charge on any atom is -0.442 e. The van der Waals surface area contributed by atoms with Crippen LogP contribution < -0.4 is 16.0 Å². The number of hydrogen-bond donors (Lipinski definition) is 2. The number of benzene rings is 1. The van der Waals surface area contributed by atoms with Crippen LogP contribution in [0.3, 0.4) is 0 Å². The molecule has 2 saturated heterocycles. The molecule has 0 aromatic heterocycles. The van der Waals surface area contributed by atoms with Crippen LogP contribution in [0.5, 0.6) is 0 Å². The predicted molar refractivity (Wildman–Crippen MR) is 101 cm³/mol. The van der Waals surface area contributed by atoms with Gasteiger partial charge in [-0.05, 0) is 35.4 Å². The van der Waals surface area contributed by atoms with Gasteiger partial charge in [0.1, 0.15) is 16.9 Å². The van der Waals surface area contributed by atoms with Crippen molar-refractivity contribution in [2.75, 3.05) is 31.1 Å². The topological polar surface area (TPSA) is 87.9 Å². The third-order valence-electron chi connectivity index (χ3n) is 5.74. The maximum absolute atomic E-state index is 14.7. The molecule has 2 heterocycles. The number of urea groups is 1. The summed E-state index contributed by atoms with van der Waals surface area (Å²) in [6.45, 7) is 1.10. The molecule has 4 rings (SSSR count). The second-order valence-electron chi connectivity index (χ2n) is 7.46. The summed E-state index contributed by atoms with van der Waals surface area (Å²) in [4.78, 5) is 25.5. The van der Waals surface area contributed by atoms with Gasteiger partial charge in [-0.25, -0.2) is 22.8 Å². The molecule has 11 heteroatoms. The van der Waals surface area contributed by atoms with Gasteiger partial charge in [-0.2, -0.15) is 0 Å². The molecular formula is C18H19F3N4O3S. The van der Waals surface area contributed by atoms with E-state index in [0.29, 0.717) is 24.3 Å². The highest BCUT2D eigenvalue weighted by atomic mass is 32.1. The zero-order valence-corrected chi connectivity index (χ0v) is 16.0. The number of cyclic esters (lactones) is 1. The van der Waals surface area contributed by atoms with Crippen molar-refractivity contribution in [1.29, 1.82) is 0 Å². The molecule has 0 bridgehead atoms. The number of rotatable bonds is 5. The van der Waals surface area contributed by atoms with E-state index in [4.69, 9.17) is 10.5 Å². The second kappa shape index (κ2) is 7.36. The Morgan fingerprint density at radius 3 is 2.59 bits per heavy atom. The summed E-state index contributed by atoms with van der Waals surface area (Å²) in [6, 6.07) is 4.10. The number of nitrogens with zero attached hydrogens (tertiary/aromatic N) is 2. The van der Waals surface area contributed by atoms with Crippen LogP contribution in [0.1, 0.15) is 11.5 Å². The molecular weight excluding hydrogens is 409 g/mol. The van der Waals surface area contributed by atoms with Crippen molar-refractivity contribution in [3.63, 3.8) is 0 Å². The number of hydrogen-bond acceptors (Lipinski definition) is 4. The number of carbonyl (C=O) groups excluding carboxylic acids is 2. The molecule has 1 saturated carbocycles. The maximum atomic E-state index is 14.7. The average Bonchev–Trinajstić information content (AvgIpc) is 3.01. The molecule has 7 nitrogen and oxygen atoms in total. The molecule has 0 spiro atoms. The number of carbonyl (C=O) groups is 2. The van der Waals surface area contributed by atoms with Gasteiger partial charge in [-0.1, -0.05) is 18.3 Å². The number of nitrogens with one attached hydrogen (secondary N) is 1. The van der Waals surface area contributed by atoms with Crippen LogP contribution in [-0.2, 0) is 4.74 Å². The molecule has 1 aliphatic carbocycles. The van der Waals surface area contributed by atoms with Crippen LogP contribution in [0.2, 0.25) is 0 Å². The van der Waals surface area contributed by atoms with Crippen molar-refractivity contribution in [3.8, 4) is 0 Å². The van der Waals surface area contributed by atoms with Crippen molar-refractivity contribution in [3.05, 3.63) is 29.6 Å². The van der Waals surface area contributed by atoms with Crippen molar-refractivity contribution in [1.82, 2.24) is 10.2 Å². The molecule has 1 aromatic carbocycles. The van der Waals surface area contributed by atoms with E-state index < -0.39 is 35.5 Å². The van der Waals surface area contributed by atoms with E-state index in [1.165, 1.54) is 11.0 Å². The average molecular weight is 428 g/mol. The molecule has 1 aromatic rings. The molecule has 3 fully saturated rings. The Morgan fingerprint density at radius 1 is 1.31 bits per heavy atom. The molecule has 3 aliphatic rings. The van der Waals surface area contributed by atoms with Crippen molar-refractivity contribution in [2.24, 2.45) is 17.6 Å². The number of alkyl halides is 2. The third kappa shape index (κ3) is 3.70. The van der Waals surface area contributed by atoms with Crippen LogP contribution in [0.25, 0.3) is 0 Å². The lowest BCUT2D eigenvalue weighted by Gasteiger charge is -2.18. The number of ether oxygens (including phenoxy) is 1. The van der Waals surface area contributed by atoms with Crippen LogP contribution in [-0.4, -0.2) is 60.7 Å². The molecule has 156 valence electrons. The van der Waals surface area contributed by atoms with E-state index in [0.717, 1.165) is 0 Å². The first kappa shape index (κ1) is 19.7. The Balaban J connectivity index is 1.38. The zero-order valence-electron chi connectivity index (χ0n) is 15.2. The van der Waals surface area contributed by atoms with Gasteiger partial charge >= 0.3 is 12.1 Å². The van der Waals surface area contributed by atoms with Crippen molar-refractivity contribution < 1.29 is 27.5 Å².